The molecule has 0 saturated carbocycles. The first-order valence-corrected chi connectivity index (χ1v) is 12.7. The highest BCUT2D eigenvalue weighted by Crippen LogP contribution is 2.31. The fraction of sp³-hybridized carbons (Fsp3) is 0.348. The highest BCUT2D eigenvalue weighted by atomic mass is 32.2. The van der Waals surface area contributed by atoms with E-state index < -0.39 is 21.7 Å². The minimum absolute atomic E-state index is 0.0129. The molecule has 5 rings (SSSR count). The van der Waals surface area contributed by atoms with Crippen LogP contribution in [-0.2, 0) is 27.8 Å². The van der Waals surface area contributed by atoms with Crippen LogP contribution in [0.5, 0.6) is 0 Å². The van der Waals surface area contributed by atoms with Crippen molar-refractivity contribution in [1.29, 1.82) is 0 Å². The summed E-state index contributed by atoms with van der Waals surface area (Å²) in [5.74, 6) is -0.926. The Hall–Kier alpha value is -3.34. The smallest absolute Gasteiger partial charge is 0.261 e. The van der Waals surface area contributed by atoms with Gasteiger partial charge in [-0.3, -0.25) is 9.52 Å². The van der Waals surface area contributed by atoms with E-state index >= 15 is 0 Å². The Bertz CT molecular complexity index is 1360. The molecule has 2 aromatic carbocycles. The van der Waals surface area contributed by atoms with E-state index in [-0.39, 0.29) is 27.9 Å². The van der Waals surface area contributed by atoms with Crippen molar-refractivity contribution in [3.63, 3.8) is 0 Å². The standard InChI is InChI=1S/C23H23F2N5O3S/c24-18-14-19(25)20(13-17(18)23-27-26-21-5-2-1-3-11-30(21)23)28-34(32,33)16-9-7-15(8-10-16)29-12-4-6-22(29)31/h7-10,13-14,28H,1-6,11-12H2. The van der Waals surface area contributed by atoms with Crippen molar-refractivity contribution in [2.75, 3.05) is 16.2 Å². The van der Waals surface area contributed by atoms with Crippen LogP contribution < -0.4 is 9.62 Å². The van der Waals surface area contributed by atoms with Crippen molar-refractivity contribution in [2.45, 2.75) is 50.0 Å². The second kappa shape index (κ2) is 8.79. The van der Waals surface area contributed by atoms with Gasteiger partial charge in [-0.05, 0) is 49.6 Å². The molecule has 0 atom stereocenters. The van der Waals surface area contributed by atoms with Crippen LogP contribution in [0, 0.1) is 11.6 Å². The Kier molecular flexibility index (Phi) is 5.80. The number of nitrogens with zero attached hydrogens (tertiary/aromatic N) is 4. The molecule has 1 fully saturated rings. The monoisotopic (exact) mass is 487 g/mol. The Morgan fingerprint density at radius 1 is 0.882 bits per heavy atom. The summed E-state index contributed by atoms with van der Waals surface area (Å²) >= 11 is 0. The van der Waals surface area contributed by atoms with Gasteiger partial charge < -0.3 is 9.47 Å². The number of benzene rings is 2. The second-order valence-electron chi connectivity index (χ2n) is 8.46. The average molecular weight is 488 g/mol. The lowest BCUT2D eigenvalue weighted by Crippen LogP contribution is -2.23. The molecule has 2 aliphatic rings. The van der Waals surface area contributed by atoms with E-state index in [1.807, 2.05) is 0 Å². The van der Waals surface area contributed by atoms with Crippen molar-refractivity contribution >= 4 is 27.3 Å². The van der Waals surface area contributed by atoms with E-state index in [2.05, 4.69) is 14.9 Å². The molecule has 0 radical (unpaired) electrons. The lowest BCUT2D eigenvalue weighted by atomic mass is 10.1. The van der Waals surface area contributed by atoms with Gasteiger partial charge in [-0.15, -0.1) is 10.2 Å². The fourth-order valence-corrected chi connectivity index (χ4v) is 5.47. The number of anilines is 2. The zero-order valence-electron chi connectivity index (χ0n) is 18.3. The quantitative estimate of drug-likeness (QED) is 0.589. The number of fused-ring (bicyclic) bond motifs is 1. The normalized spacial score (nSPS) is 16.4. The van der Waals surface area contributed by atoms with E-state index in [1.165, 1.54) is 24.3 Å². The molecule has 0 unspecified atom stereocenters. The average Bonchev–Trinajstić information content (AvgIpc) is 3.34. The molecule has 3 aromatic rings. The van der Waals surface area contributed by atoms with Crippen molar-refractivity contribution in [2.24, 2.45) is 0 Å². The summed E-state index contributed by atoms with van der Waals surface area (Å²) in [4.78, 5) is 13.4. The highest BCUT2D eigenvalue weighted by molar-refractivity contribution is 7.92. The van der Waals surface area contributed by atoms with Gasteiger partial charge in [0, 0.05) is 37.7 Å². The summed E-state index contributed by atoms with van der Waals surface area (Å²) in [7, 11) is -4.17. The zero-order chi connectivity index (χ0) is 23.9. The van der Waals surface area contributed by atoms with Crippen LogP contribution in [0.1, 0.15) is 37.9 Å². The number of sulfonamides is 1. The van der Waals surface area contributed by atoms with E-state index in [9.17, 15) is 22.0 Å². The van der Waals surface area contributed by atoms with Crippen LogP contribution in [-0.4, -0.2) is 35.6 Å². The third-order valence-electron chi connectivity index (χ3n) is 6.18. The molecule has 3 heterocycles. The summed E-state index contributed by atoms with van der Waals surface area (Å²) in [6, 6.07) is 7.54. The minimum atomic E-state index is -4.17. The van der Waals surface area contributed by atoms with E-state index in [0.717, 1.165) is 37.6 Å². The van der Waals surface area contributed by atoms with Crippen LogP contribution in [0.25, 0.3) is 11.4 Å². The van der Waals surface area contributed by atoms with Crippen LogP contribution in [0.4, 0.5) is 20.2 Å². The number of aryl methyl sites for hydroxylation is 1. The van der Waals surface area contributed by atoms with Gasteiger partial charge in [0.25, 0.3) is 10.0 Å². The van der Waals surface area contributed by atoms with Gasteiger partial charge in [0.2, 0.25) is 5.91 Å². The summed E-state index contributed by atoms with van der Waals surface area (Å²) in [6.45, 7) is 1.19. The molecule has 1 saturated heterocycles. The van der Waals surface area contributed by atoms with Crippen molar-refractivity contribution < 1.29 is 22.0 Å². The van der Waals surface area contributed by atoms with Crippen molar-refractivity contribution in [1.82, 2.24) is 14.8 Å². The van der Waals surface area contributed by atoms with E-state index in [4.69, 9.17) is 0 Å². The molecule has 1 amide bonds. The lowest BCUT2D eigenvalue weighted by Gasteiger charge is -2.16. The summed E-state index contributed by atoms with van der Waals surface area (Å²) in [5.41, 5.74) is 0.188. The first-order chi connectivity index (χ1) is 16.3. The molecule has 8 nitrogen and oxygen atoms in total. The molecule has 11 heteroatoms. The molecule has 2 aliphatic heterocycles. The molecule has 178 valence electrons. The van der Waals surface area contributed by atoms with Gasteiger partial charge >= 0.3 is 0 Å². The molecule has 1 aromatic heterocycles. The molecular weight excluding hydrogens is 464 g/mol. The largest absolute Gasteiger partial charge is 0.312 e. The van der Waals surface area contributed by atoms with Crippen LogP contribution >= 0.6 is 0 Å². The number of aromatic nitrogens is 3. The Morgan fingerprint density at radius 2 is 1.68 bits per heavy atom. The summed E-state index contributed by atoms with van der Waals surface area (Å²) in [5, 5.41) is 8.23. The Labute approximate surface area is 195 Å². The van der Waals surface area contributed by atoms with Gasteiger partial charge in [0.1, 0.15) is 17.5 Å². The SMILES string of the molecule is O=C1CCCN1c1ccc(S(=O)(=O)Nc2cc(-c3nnc4n3CCCCC4)c(F)cc2F)cc1. The van der Waals surface area contributed by atoms with Crippen LogP contribution in [0.15, 0.2) is 41.3 Å². The maximum atomic E-state index is 14.7. The molecule has 34 heavy (non-hydrogen) atoms. The summed E-state index contributed by atoms with van der Waals surface area (Å²) < 4.78 is 59.2. The number of rotatable bonds is 5. The van der Waals surface area contributed by atoms with Gasteiger partial charge in [-0.1, -0.05) is 6.42 Å². The lowest BCUT2D eigenvalue weighted by molar-refractivity contribution is -0.117. The van der Waals surface area contributed by atoms with Crippen LogP contribution in [0.2, 0.25) is 0 Å². The van der Waals surface area contributed by atoms with Crippen molar-refractivity contribution in [3.05, 3.63) is 53.9 Å². The number of nitrogens with one attached hydrogen (secondary N) is 1. The van der Waals surface area contributed by atoms with E-state index in [1.54, 1.807) is 9.47 Å². The predicted molar refractivity (Wildman–Crippen MR) is 122 cm³/mol. The van der Waals surface area contributed by atoms with Gasteiger partial charge in [-0.2, -0.15) is 0 Å². The third-order valence-corrected chi connectivity index (χ3v) is 7.56. The van der Waals surface area contributed by atoms with Crippen molar-refractivity contribution in [3.8, 4) is 11.4 Å². The first-order valence-electron chi connectivity index (χ1n) is 11.2. The Balaban J connectivity index is 1.44. The second-order valence-corrected chi connectivity index (χ2v) is 10.1. The van der Waals surface area contributed by atoms with Gasteiger partial charge in [0.15, 0.2) is 5.82 Å². The molecule has 0 bridgehead atoms. The zero-order valence-corrected chi connectivity index (χ0v) is 19.1. The maximum Gasteiger partial charge on any atom is 0.261 e. The topological polar surface area (TPSA) is 97.2 Å². The Morgan fingerprint density at radius 3 is 2.41 bits per heavy atom. The number of hydrogen-bond donors (Lipinski definition) is 1. The third kappa shape index (κ3) is 4.15. The van der Waals surface area contributed by atoms with E-state index in [0.29, 0.717) is 37.7 Å². The number of carbonyl (C=O) groups is 1. The summed E-state index contributed by atoms with van der Waals surface area (Å²) in [6.07, 6.45) is 4.79. The highest BCUT2D eigenvalue weighted by Gasteiger charge is 2.25. The number of halogens is 2. The van der Waals surface area contributed by atoms with Gasteiger partial charge in [0.05, 0.1) is 16.1 Å². The molecule has 1 N–H and O–H groups in total. The number of carbonyl (C=O) groups excluding carboxylic acids is 1. The number of hydrogen-bond acceptors (Lipinski definition) is 5. The molecule has 0 aliphatic carbocycles. The van der Waals surface area contributed by atoms with Crippen LogP contribution in [0.3, 0.4) is 0 Å². The van der Waals surface area contributed by atoms with Gasteiger partial charge in [-0.25, -0.2) is 17.2 Å². The molecular formula is C23H23F2N5O3S. The molecule has 0 spiro atoms. The number of amides is 1. The minimum Gasteiger partial charge on any atom is -0.312 e. The maximum absolute atomic E-state index is 14.7. The first kappa shape index (κ1) is 22.5. The predicted octanol–water partition coefficient (Wildman–Crippen LogP) is 3.88. The fourth-order valence-electron chi connectivity index (χ4n) is 4.41.